The zero-order valence-electron chi connectivity index (χ0n) is 18.8. The van der Waals surface area contributed by atoms with E-state index in [1.54, 1.807) is 49.5 Å². The Labute approximate surface area is 206 Å². The fourth-order valence-corrected chi connectivity index (χ4v) is 4.37. The molecule has 0 aliphatic carbocycles. The number of anilines is 1. The zero-order chi connectivity index (χ0) is 24.2. The molecule has 4 rings (SSSR count). The average molecular weight is 523 g/mol. The highest BCUT2D eigenvalue weighted by Crippen LogP contribution is 2.28. The van der Waals surface area contributed by atoms with Crippen molar-refractivity contribution in [2.45, 2.75) is 25.6 Å². The lowest BCUT2D eigenvalue weighted by molar-refractivity contribution is -0.119. The number of carbonyl (C=O) groups is 2. The van der Waals surface area contributed by atoms with Gasteiger partial charge in [0.05, 0.1) is 11.4 Å². The molecule has 8 heteroatoms. The lowest BCUT2D eigenvalue weighted by Crippen LogP contribution is -2.51. The van der Waals surface area contributed by atoms with Gasteiger partial charge < -0.3 is 15.5 Å². The highest BCUT2D eigenvalue weighted by atomic mass is 79.9. The first kappa shape index (κ1) is 23.6. The number of nitrogens with one attached hydrogen (secondary N) is 2. The summed E-state index contributed by atoms with van der Waals surface area (Å²) < 4.78 is 15.7. The van der Waals surface area contributed by atoms with E-state index in [0.29, 0.717) is 23.4 Å². The molecular formula is C26H24BrFN4O2. The number of carbonyl (C=O) groups excluding carboxylic acids is 2. The normalized spacial score (nSPS) is 16.2. The third kappa shape index (κ3) is 5.02. The molecule has 1 heterocycles. The molecule has 3 aromatic rings. The predicted octanol–water partition coefficient (Wildman–Crippen LogP) is 4.66. The molecule has 2 atom stereocenters. The molecule has 0 spiro atoms. The maximum atomic E-state index is 14.7. The minimum Gasteiger partial charge on any atom is -0.335 e. The van der Waals surface area contributed by atoms with Crippen LogP contribution < -0.4 is 15.5 Å². The van der Waals surface area contributed by atoms with Gasteiger partial charge in [0.1, 0.15) is 5.82 Å². The van der Waals surface area contributed by atoms with Crippen LogP contribution in [0.4, 0.5) is 14.9 Å². The van der Waals surface area contributed by atoms with E-state index in [9.17, 15) is 14.0 Å². The highest BCUT2D eigenvalue weighted by molar-refractivity contribution is 9.10. The van der Waals surface area contributed by atoms with Crippen LogP contribution in [0.25, 0.3) is 0 Å². The Morgan fingerprint density at radius 2 is 1.71 bits per heavy atom. The van der Waals surface area contributed by atoms with Gasteiger partial charge in [-0.05, 0) is 43.2 Å². The molecule has 34 heavy (non-hydrogen) atoms. The molecule has 0 fully saturated rings. The third-order valence-electron chi connectivity index (χ3n) is 5.60. The molecule has 0 saturated heterocycles. The van der Waals surface area contributed by atoms with Crippen molar-refractivity contribution in [3.05, 3.63) is 99.8 Å². The summed E-state index contributed by atoms with van der Waals surface area (Å²) in [6.07, 6.45) is -0.620. The number of benzodiazepines with no additional fused rings is 1. The van der Waals surface area contributed by atoms with Crippen molar-refractivity contribution in [2.75, 3.05) is 11.9 Å². The fraction of sp³-hybridized carbons (Fsp3) is 0.192. The fourth-order valence-electron chi connectivity index (χ4n) is 3.92. The first-order valence-electron chi connectivity index (χ1n) is 10.8. The molecule has 6 nitrogen and oxygen atoms in total. The number of aliphatic imine (C=N–C) groups is 1. The Bertz CT molecular complexity index is 1260. The molecule has 3 aromatic carbocycles. The van der Waals surface area contributed by atoms with Gasteiger partial charge in [-0.15, -0.1) is 0 Å². The summed E-state index contributed by atoms with van der Waals surface area (Å²) in [5, 5.41) is 5.52. The van der Waals surface area contributed by atoms with Crippen LogP contribution in [-0.4, -0.2) is 36.9 Å². The second kappa shape index (κ2) is 10.2. The van der Waals surface area contributed by atoms with Gasteiger partial charge in [-0.1, -0.05) is 64.5 Å². The molecule has 1 aliphatic rings. The SMILES string of the molecule is CC(Cc1ccccc1Br)NC(=O)NC1N=C(c2ccccc2F)c2ccccc2N(C)C1=O. The number of likely N-dealkylation sites (N-methyl/N-ethyl adjacent to an activating group) is 1. The number of para-hydroxylation sites is 1. The minimum absolute atomic E-state index is 0.204. The van der Waals surface area contributed by atoms with Crippen molar-refractivity contribution in [1.29, 1.82) is 0 Å². The Kier molecular flexibility index (Phi) is 7.07. The number of halogens is 2. The Hall–Kier alpha value is -3.52. The Balaban J connectivity index is 1.60. The number of rotatable bonds is 5. The second-order valence-corrected chi connectivity index (χ2v) is 8.94. The van der Waals surface area contributed by atoms with Crippen LogP contribution in [0, 0.1) is 5.82 Å². The monoisotopic (exact) mass is 522 g/mol. The van der Waals surface area contributed by atoms with Gasteiger partial charge in [-0.3, -0.25) is 4.79 Å². The maximum Gasteiger partial charge on any atom is 0.317 e. The van der Waals surface area contributed by atoms with Gasteiger partial charge in [-0.2, -0.15) is 0 Å². The summed E-state index contributed by atoms with van der Waals surface area (Å²) in [5.41, 5.74) is 2.80. The van der Waals surface area contributed by atoms with E-state index in [4.69, 9.17) is 0 Å². The number of benzene rings is 3. The van der Waals surface area contributed by atoms with Crippen molar-refractivity contribution < 1.29 is 14.0 Å². The van der Waals surface area contributed by atoms with E-state index in [1.165, 1.54) is 11.0 Å². The molecule has 0 bridgehead atoms. The zero-order valence-corrected chi connectivity index (χ0v) is 20.3. The van der Waals surface area contributed by atoms with Crippen LogP contribution in [0.2, 0.25) is 0 Å². The molecular weight excluding hydrogens is 499 g/mol. The van der Waals surface area contributed by atoms with Gasteiger partial charge in [0, 0.05) is 28.7 Å². The number of nitrogens with zero attached hydrogens (tertiary/aromatic N) is 2. The summed E-state index contributed by atoms with van der Waals surface area (Å²) in [6, 6.07) is 20.4. The second-order valence-electron chi connectivity index (χ2n) is 8.09. The molecule has 174 valence electrons. The van der Waals surface area contributed by atoms with Crippen LogP contribution >= 0.6 is 15.9 Å². The predicted molar refractivity (Wildman–Crippen MR) is 135 cm³/mol. The van der Waals surface area contributed by atoms with E-state index in [0.717, 1.165) is 10.0 Å². The first-order valence-corrected chi connectivity index (χ1v) is 11.6. The lowest BCUT2D eigenvalue weighted by atomic mass is 10.00. The van der Waals surface area contributed by atoms with Crippen LogP contribution in [-0.2, 0) is 11.2 Å². The minimum atomic E-state index is -1.22. The third-order valence-corrected chi connectivity index (χ3v) is 6.38. The average Bonchev–Trinajstić information content (AvgIpc) is 2.92. The van der Waals surface area contributed by atoms with Crippen LogP contribution in [0.3, 0.4) is 0 Å². The van der Waals surface area contributed by atoms with E-state index in [-0.39, 0.29) is 11.6 Å². The Morgan fingerprint density at radius 1 is 1.06 bits per heavy atom. The van der Waals surface area contributed by atoms with Crippen molar-refractivity contribution in [1.82, 2.24) is 10.6 Å². The number of hydrogen-bond acceptors (Lipinski definition) is 3. The number of amides is 3. The van der Waals surface area contributed by atoms with E-state index < -0.39 is 23.9 Å². The van der Waals surface area contributed by atoms with Crippen molar-refractivity contribution in [3.63, 3.8) is 0 Å². The van der Waals surface area contributed by atoms with Crippen LogP contribution in [0.5, 0.6) is 0 Å². The molecule has 0 radical (unpaired) electrons. The smallest absolute Gasteiger partial charge is 0.317 e. The van der Waals surface area contributed by atoms with E-state index in [2.05, 4.69) is 31.6 Å². The number of urea groups is 1. The maximum absolute atomic E-state index is 14.7. The van der Waals surface area contributed by atoms with Gasteiger partial charge in [0.25, 0.3) is 5.91 Å². The molecule has 2 N–H and O–H groups in total. The van der Waals surface area contributed by atoms with Crippen LogP contribution in [0.1, 0.15) is 23.6 Å². The highest BCUT2D eigenvalue weighted by Gasteiger charge is 2.31. The van der Waals surface area contributed by atoms with Crippen molar-refractivity contribution in [2.24, 2.45) is 4.99 Å². The van der Waals surface area contributed by atoms with E-state index in [1.807, 2.05) is 31.2 Å². The summed E-state index contributed by atoms with van der Waals surface area (Å²) in [6.45, 7) is 1.88. The van der Waals surface area contributed by atoms with Gasteiger partial charge in [0.15, 0.2) is 0 Å². The molecule has 3 amide bonds. The molecule has 0 aromatic heterocycles. The lowest BCUT2D eigenvalue weighted by Gasteiger charge is -2.22. The quantitative estimate of drug-likeness (QED) is 0.511. The van der Waals surface area contributed by atoms with Gasteiger partial charge in [0.2, 0.25) is 6.17 Å². The molecule has 1 aliphatic heterocycles. The number of fused-ring (bicyclic) bond motifs is 1. The van der Waals surface area contributed by atoms with Crippen LogP contribution in [0.15, 0.2) is 82.3 Å². The summed E-state index contributed by atoms with van der Waals surface area (Å²) >= 11 is 3.52. The van der Waals surface area contributed by atoms with Gasteiger partial charge in [-0.25, -0.2) is 14.2 Å². The van der Waals surface area contributed by atoms with Gasteiger partial charge >= 0.3 is 6.03 Å². The van der Waals surface area contributed by atoms with E-state index >= 15 is 0 Å². The summed E-state index contributed by atoms with van der Waals surface area (Å²) in [5.74, 6) is -0.884. The van der Waals surface area contributed by atoms with Crippen molar-refractivity contribution >= 4 is 39.3 Å². The summed E-state index contributed by atoms with van der Waals surface area (Å²) in [7, 11) is 1.61. The Morgan fingerprint density at radius 3 is 2.44 bits per heavy atom. The first-order chi connectivity index (χ1) is 16.3. The molecule has 0 saturated carbocycles. The number of hydrogen-bond donors (Lipinski definition) is 2. The summed E-state index contributed by atoms with van der Waals surface area (Å²) in [4.78, 5) is 32.0. The molecule has 2 unspecified atom stereocenters. The standard InChI is InChI=1S/C26H24BrFN4O2/c1-16(15-17-9-3-6-12-20(17)27)29-26(34)31-24-25(33)32(2)22-14-8-5-11-19(22)23(30-24)18-10-4-7-13-21(18)28/h3-14,16,24H,15H2,1-2H3,(H2,29,31,34). The largest absolute Gasteiger partial charge is 0.335 e. The topological polar surface area (TPSA) is 73.8 Å². The van der Waals surface area contributed by atoms with Crippen molar-refractivity contribution in [3.8, 4) is 0 Å².